The molecule has 0 aromatic carbocycles. The normalized spacial score (nSPS) is 33.6. The van der Waals surface area contributed by atoms with Crippen LogP contribution in [-0.2, 0) is 4.79 Å². The van der Waals surface area contributed by atoms with Gasteiger partial charge in [-0.05, 0) is 25.8 Å². The van der Waals surface area contributed by atoms with Gasteiger partial charge in [-0.25, -0.2) is 0 Å². The molecule has 10 heavy (non-hydrogen) atoms. The average molecular weight is 142 g/mol. The molecule has 0 radical (unpaired) electrons. The van der Waals surface area contributed by atoms with Crippen LogP contribution in [0.2, 0.25) is 0 Å². The summed E-state index contributed by atoms with van der Waals surface area (Å²) in [6.07, 6.45) is 1.59. The summed E-state index contributed by atoms with van der Waals surface area (Å²) in [4.78, 5) is 10.8. The van der Waals surface area contributed by atoms with E-state index >= 15 is 0 Å². The first-order valence-electron chi connectivity index (χ1n) is 3.73. The van der Waals surface area contributed by atoms with Gasteiger partial charge in [0.15, 0.2) is 0 Å². The van der Waals surface area contributed by atoms with E-state index in [2.05, 4.69) is 5.32 Å². The molecule has 0 saturated carbocycles. The van der Waals surface area contributed by atoms with Crippen molar-refractivity contribution in [1.29, 1.82) is 0 Å². The number of amides is 1. The van der Waals surface area contributed by atoms with Crippen molar-refractivity contribution in [2.45, 2.75) is 25.8 Å². The van der Waals surface area contributed by atoms with E-state index in [0.29, 0.717) is 18.9 Å². The highest BCUT2D eigenvalue weighted by Gasteiger charge is 2.23. The van der Waals surface area contributed by atoms with E-state index in [0.717, 1.165) is 6.42 Å². The molecule has 3 nitrogen and oxygen atoms in total. The molecule has 3 N–H and O–H groups in total. The first-order valence-corrected chi connectivity index (χ1v) is 3.73. The molecular formula is C7H14N2O. The van der Waals surface area contributed by atoms with Crippen molar-refractivity contribution in [2.75, 3.05) is 6.54 Å². The Hall–Kier alpha value is -0.570. The Morgan fingerprint density at radius 2 is 2.50 bits per heavy atom. The smallest absolute Gasteiger partial charge is 0.220 e. The van der Waals surface area contributed by atoms with Gasteiger partial charge in [-0.1, -0.05) is 0 Å². The van der Waals surface area contributed by atoms with Gasteiger partial charge in [-0.15, -0.1) is 0 Å². The van der Waals surface area contributed by atoms with E-state index in [4.69, 9.17) is 5.73 Å². The molecule has 1 amide bonds. The van der Waals surface area contributed by atoms with Crippen LogP contribution in [0.15, 0.2) is 0 Å². The third-order valence-electron chi connectivity index (χ3n) is 2.14. The number of nitrogens with one attached hydrogen (secondary N) is 1. The lowest BCUT2D eigenvalue weighted by atomic mass is 9.92. The minimum atomic E-state index is 0.164. The highest BCUT2D eigenvalue weighted by atomic mass is 16.1. The zero-order valence-corrected chi connectivity index (χ0v) is 6.26. The second kappa shape index (κ2) is 3.01. The molecule has 1 aliphatic heterocycles. The van der Waals surface area contributed by atoms with Crippen LogP contribution in [0, 0.1) is 5.92 Å². The number of carbonyl (C=O) groups excluding carboxylic acids is 1. The largest absolute Gasteiger partial charge is 0.353 e. The Balaban J connectivity index is 2.43. The standard InChI is InChI=1S/C7H14N2O/c1-5-6(4-8)2-3-7(10)9-5/h5-6H,2-4,8H2,1H3,(H,9,10). The Labute approximate surface area is 61.0 Å². The molecule has 0 aliphatic carbocycles. The fraction of sp³-hybridized carbons (Fsp3) is 0.857. The third kappa shape index (κ3) is 1.48. The molecule has 0 spiro atoms. The molecule has 3 heteroatoms. The number of hydrogen-bond donors (Lipinski definition) is 2. The van der Waals surface area contributed by atoms with Crippen molar-refractivity contribution in [3.05, 3.63) is 0 Å². The maximum Gasteiger partial charge on any atom is 0.220 e. The number of hydrogen-bond acceptors (Lipinski definition) is 2. The van der Waals surface area contributed by atoms with Crippen molar-refractivity contribution in [2.24, 2.45) is 11.7 Å². The van der Waals surface area contributed by atoms with Crippen LogP contribution in [0.3, 0.4) is 0 Å². The molecule has 0 aromatic rings. The summed E-state index contributed by atoms with van der Waals surface area (Å²) in [5.41, 5.74) is 5.49. The molecule has 2 unspecified atom stereocenters. The summed E-state index contributed by atoms with van der Waals surface area (Å²) >= 11 is 0. The summed E-state index contributed by atoms with van der Waals surface area (Å²) < 4.78 is 0. The van der Waals surface area contributed by atoms with Gasteiger partial charge in [0.25, 0.3) is 0 Å². The van der Waals surface area contributed by atoms with Crippen LogP contribution < -0.4 is 11.1 Å². The van der Waals surface area contributed by atoms with E-state index in [1.54, 1.807) is 0 Å². The first kappa shape index (κ1) is 7.54. The van der Waals surface area contributed by atoms with Crippen LogP contribution in [-0.4, -0.2) is 18.5 Å². The summed E-state index contributed by atoms with van der Waals surface area (Å²) in [6.45, 7) is 2.69. The van der Waals surface area contributed by atoms with Crippen molar-refractivity contribution < 1.29 is 4.79 Å². The van der Waals surface area contributed by atoms with Crippen molar-refractivity contribution >= 4 is 5.91 Å². The molecule has 1 saturated heterocycles. The summed E-state index contributed by atoms with van der Waals surface area (Å²) in [5.74, 6) is 0.648. The molecular weight excluding hydrogens is 128 g/mol. The van der Waals surface area contributed by atoms with Crippen LogP contribution in [0.5, 0.6) is 0 Å². The quantitative estimate of drug-likeness (QED) is 0.535. The Morgan fingerprint density at radius 3 is 3.00 bits per heavy atom. The topological polar surface area (TPSA) is 55.1 Å². The lowest BCUT2D eigenvalue weighted by Gasteiger charge is -2.28. The van der Waals surface area contributed by atoms with Gasteiger partial charge >= 0.3 is 0 Å². The van der Waals surface area contributed by atoms with Crippen molar-refractivity contribution in [3.63, 3.8) is 0 Å². The van der Waals surface area contributed by atoms with Gasteiger partial charge in [-0.2, -0.15) is 0 Å². The van der Waals surface area contributed by atoms with Crippen LogP contribution in [0.1, 0.15) is 19.8 Å². The number of piperidine rings is 1. The fourth-order valence-electron chi connectivity index (χ4n) is 1.33. The molecule has 0 aromatic heterocycles. The SMILES string of the molecule is CC1NC(=O)CCC1CN. The second-order valence-electron chi connectivity index (χ2n) is 2.89. The van der Waals surface area contributed by atoms with Crippen molar-refractivity contribution in [3.8, 4) is 0 Å². The first-order chi connectivity index (χ1) is 4.74. The van der Waals surface area contributed by atoms with Gasteiger partial charge in [0.05, 0.1) is 0 Å². The molecule has 1 heterocycles. The predicted molar refractivity (Wildman–Crippen MR) is 39.4 cm³/mol. The monoisotopic (exact) mass is 142 g/mol. The lowest BCUT2D eigenvalue weighted by Crippen LogP contribution is -2.45. The van der Waals surface area contributed by atoms with Gasteiger partial charge in [0.1, 0.15) is 0 Å². The van der Waals surface area contributed by atoms with Crippen LogP contribution in [0.25, 0.3) is 0 Å². The lowest BCUT2D eigenvalue weighted by molar-refractivity contribution is -0.124. The van der Waals surface area contributed by atoms with E-state index in [9.17, 15) is 4.79 Å². The number of rotatable bonds is 1. The number of carbonyl (C=O) groups is 1. The van der Waals surface area contributed by atoms with E-state index < -0.39 is 0 Å². The minimum absolute atomic E-state index is 0.164. The molecule has 0 bridgehead atoms. The van der Waals surface area contributed by atoms with Gasteiger partial charge in [0.2, 0.25) is 5.91 Å². The summed E-state index contributed by atoms with van der Waals surface area (Å²) in [7, 11) is 0. The average Bonchev–Trinajstić information content (AvgIpc) is 1.88. The van der Waals surface area contributed by atoms with Crippen LogP contribution >= 0.6 is 0 Å². The van der Waals surface area contributed by atoms with Gasteiger partial charge in [0, 0.05) is 12.5 Å². The van der Waals surface area contributed by atoms with E-state index in [1.165, 1.54) is 0 Å². The highest BCUT2D eigenvalue weighted by Crippen LogP contribution is 2.14. The van der Waals surface area contributed by atoms with E-state index in [-0.39, 0.29) is 11.9 Å². The Bertz CT molecular complexity index is 136. The van der Waals surface area contributed by atoms with Gasteiger partial charge < -0.3 is 11.1 Å². The molecule has 2 atom stereocenters. The van der Waals surface area contributed by atoms with E-state index in [1.807, 2.05) is 6.92 Å². The van der Waals surface area contributed by atoms with Crippen molar-refractivity contribution in [1.82, 2.24) is 5.32 Å². The minimum Gasteiger partial charge on any atom is -0.353 e. The summed E-state index contributed by atoms with van der Waals surface area (Å²) in [5, 5.41) is 2.86. The predicted octanol–water partition coefficient (Wildman–Crippen LogP) is -0.140. The molecule has 1 rings (SSSR count). The Kier molecular flexibility index (Phi) is 2.27. The summed E-state index contributed by atoms with van der Waals surface area (Å²) in [6, 6.07) is 0.270. The highest BCUT2D eigenvalue weighted by molar-refractivity contribution is 5.77. The zero-order valence-electron chi connectivity index (χ0n) is 6.26. The molecule has 58 valence electrons. The maximum absolute atomic E-state index is 10.8. The molecule has 1 fully saturated rings. The third-order valence-corrected chi connectivity index (χ3v) is 2.14. The second-order valence-corrected chi connectivity index (χ2v) is 2.89. The maximum atomic E-state index is 10.8. The fourth-order valence-corrected chi connectivity index (χ4v) is 1.33. The zero-order chi connectivity index (χ0) is 7.56. The molecule has 1 aliphatic rings. The van der Waals surface area contributed by atoms with Crippen LogP contribution in [0.4, 0.5) is 0 Å². The Morgan fingerprint density at radius 1 is 1.80 bits per heavy atom. The number of nitrogens with two attached hydrogens (primary N) is 1. The van der Waals surface area contributed by atoms with Gasteiger partial charge in [-0.3, -0.25) is 4.79 Å².